The molecule has 0 aliphatic rings. The molecule has 0 radical (unpaired) electrons. The molecule has 152 valence electrons. The monoisotopic (exact) mass is 402 g/mol. The fourth-order valence-corrected chi connectivity index (χ4v) is 2.61. The topological polar surface area (TPSA) is 89.3 Å². The summed E-state index contributed by atoms with van der Waals surface area (Å²) in [5, 5.41) is 16.1. The first-order valence-electron chi connectivity index (χ1n) is 8.75. The number of benzene rings is 1. The molecule has 7 nitrogen and oxygen atoms in total. The number of phenolic OH excluding ortho intramolecular Hbond substituents is 1. The molecule has 0 aliphatic carbocycles. The van der Waals surface area contributed by atoms with E-state index in [1.165, 1.54) is 23.1 Å². The second kappa shape index (κ2) is 7.50. The van der Waals surface area contributed by atoms with Crippen molar-refractivity contribution in [2.45, 2.75) is 33.3 Å². The van der Waals surface area contributed by atoms with E-state index in [1.54, 1.807) is 39.8 Å². The molecule has 0 atom stereocenters. The van der Waals surface area contributed by atoms with Crippen LogP contribution < -0.4 is 5.32 Å². The van der Waals surface area contributed by atoms with E-state index in [0.29, 0.717) is 22.8 Å². The molecule has 1 aromatic carbocycles. The molecule has 9 heteroatoms. The van der Waals surface area contributed by atoms with E-state index in [1.807, 2.05) is 0 Å². The second-order valence-corrected chi connectivity index (χ2v) is 7.36. The summed E-state index contributed by atoms with van der Waals surface area (Å²) >= 11 is 0. The number of nitrogens with zero attached hydrogens (tertiary/aromatic N) is 3. The third-order valence-electron chi connectivity index (χ3n) is 3.88. The lowest BCUT2D eigenvalue weighted by Gasteiger charge is -2.19. The molecular weight excluding hydrogens is 382 g/mol. The van der Waals surface area contributed by atoms with Crippen molar-refractivity contribution in [3.63, 3.8) is 0 Å². The molecule has 0 bridgehead atoms. The number of hydrogen-bond acceptors (Lipinski definition) is 5. The van der Waals surface area contributed by atoms with Crippen molar-refractivity contribution in [2.75, 3.05) is 5.32 Å². The van der Waals surface area contributed by atoms with Crippen molar-refractivity contribution in [1.29, 1.82) is 0 Å². The van der Waals surface area contributed by atoms with Crippen molar-refractivity contribution < 1.29 is 23.4 Å². The van der Waals surface area contributed by atoms with Crippen LogP contribution >= 0.6 is 0 Å². The van der Waals surface area contributed by atoms with Gasteiger partial charge in [-0.25, -0.2) is 18.9 Å². The smallest absolute Gasteiger partial charge is 0.412 e. The van der Waals surface area contributed by atoms with Gasteiger partial charge in [-0.05, 0) is 52.0 Å². The highest BCUT2D eigenvalue weighted by Gasteiger charge is 2.19. The van der Waals surface area contributed by atoms with Crippen LogP contribution in [0.25, 0.3) is 16.9 Å². The van der Waals surface area contributed by atoms with Gasteiger partial charge in [0.1, 0.15) is 5.60 Å². The number of halogens is 2. The first-order valence-corrected chi connectivity index (χ1v) is 8.75. The van der Waals surface area contributed by atoms with E-state index in [-0.39, 0.29) is 5.56 Å². The molecule has 0 saturated heterocycles. The van der Waals surface area contributed by atoms with Crippen LogP contribution in [-0.4, -0.2) is 31.6 Å². The molecule has 2 aromatic heterocycles. The number of amides is 1. The maximum absolute atomic E-state index is 14.2. The van der Waals surface area contributed by atoms with Crippen molar-refractivity contribution in [2.24, 2.45) is 0 Å². The van der Waals surface area contributed by atoms with Gasteiger partial charge in [-0.1, -0.05) is 0 Å². The van der Waals surface area contributed by atoms with Crippen LogP contribution in [0.1, 0.15) is 26.5 Å². The fourth-order valence-electron chi connectivity index (χ4n) is 2.61. The Morgan fingerprint density at radius 2 is 1.86 bits per heavy atom. The third-order valence-corrected chi connectivity index (χ3v) is 3.88. The van der Waals surface area contributed by atoms with Crippen LogP contribution in [0.3, 0.4) is 0 Å². The molecule has 0 saturated carbocycles. The molecule has 3 rings (SSSR count). The van der Waals surface area contributed by atoms with Gasteiger partial charge in [0.2, 0.25) is 5.82 Å². The maximum atomic E-state index is 14.2. The summed E-state index contributed by atoms with van der Waals surface area (Å²) in [6.45, 7) is 6.92. The minimum Gasteiger partial charge on any atom is -0.505 e. The average molecular weight is 402 g/mol. The van der Waals surface area contributed by atoms with Gasteiger partial charge in [0, 0.05) is 17.3 Å². The number of rotatable bonds is 3. The highest BCUT2D eigenvalue weighted by molar-refractivity contribution is 5.84. The van der Waals surface area contributed by atoms with E-state index in [4.69, 9.17) is 4.74 Å². The lowest BCUT2D eigenvalue weighted by atomic mass is 10.1. The number of carbonyl (C=O) groups is 1. The highest BCUT2D eigenvalue weighted by atomic mass is 19.2. The zero-order chi connectivity index (χ0) is 21.3. The molecule has 0 fully saturated rings. The number of phenols is 1. The molecule has 0 aliphatic heterocycles. The van der Waals surface area contributed by atoms with E-state index in [0.717, 1.165) is 6.07 Å². The summed E-state index contributed by atoms with van der Waals surface area (Å²) < 4.78 is 34.5. The molecule has 0 spiro atoms. The number of aromatic hydroxyl groups is 1. The summed E-state index contributed by atoms with van der Waals surface area (Å²) in [5.41, 5.74) is 0.598. The summed E-state index contributed by atoms with van der Waals surface area (Å²) in [6, 6.07) is 5.59. The Bertz CT molecular complexity index is 1060. The number of hydrogen-bond donors (Lipinski definition) is 2. The first-order chi connectivity index (χ1) is 13.5. The molecule has 1 amide bonds. The van der Waals surface area contributed by atoms with Crippen molar-refractivity contribution in [3.05, 3.63) is 54.0 Å². The number of nitrogens with one attached hydrogen (secondary N) is 1. The van der Waals surface area contributed by atoms with E-state index in [2.05, 4.69) is 15.4 Å². The maximum Gasteiger partial charge on any atom is 0.412 e. The minimum absolute atomic E-state index is 0.0211. The quantitative estimate of drug-likeness (QED) is 0.670. The number of ether oxygens (including phenoxy) is 1. The number of pyridine rings is 1. The van der Waals surface area contributed by atoms with Crippen LogP contribution in [0.15, 0.2) is 36.7 Å². The fraction of sp³-hybridized carbons (Fsp3) is 0.250. The van der Waals surface area contributed by atoms with Gasteiger partial charge in [0.15, 0.2) is 17.4 Å². The van der Waals surface area contributed by atoms with Crippen molar-refractivity contribution in [1.82, 2.24) is 14.8 Å². The zero-order valence-electron chi connectivity index (χ0n) is 16.3. The Hall–Kier alpha value is -3.49. The Morgan fingerprint density at radius 1 is 1.14 bits per heavy atom. The molecule has 0 unspecified atom stereocenters. The largest absolute Gasteiger partial charge is 0.505 e. The van der Waals surface area contributed by atoms with E-state index >= 15 is 0 Å². The average Bonchev–Trinajstić information content (AvgIpc) is 3.00. The van der Waals surface area contributed by atoms with Gasteiger partial charge in [0.05, 0.1) is 17.6 Å². The van der Waals surface area contributed by atoms with Gasteiger partial charge in [-0.3, -0.25) is 5.32 Å². The Labute approximate surface area is 166 Å². The zero-order valence-corrected chi connectivity index (χ0v) is 16.3. The van der Waals surface area contributed by atoms with Crippen LogP contribution in [0.4, 0.5) is 19.3 Å². The predicted molar refractivity (Wildman–Crippen MR) is 103 cm³/mol. The number of carbonyl (C=O) groups excluding carboxylic acids is 1. The van der Waals surface area contributed by atoms with Crippen molar-refractivity contribution >= 4 is 11.8 Å². The van der Waals surface area contributed by atoms with Gasteiger partial charge in [-0.2, -0.15) is 9.49 Å². The first kappa shape index (κ1) is 20.2. The Morgan fingerprint density at radius 3 is 2.48 bits per heavy atom. The normalized spacial score (nSPS) is 11.4. The molecule has 29 heavy (non-hydrogen) atoms. The number of aryl methyl sites for hydroxylation is 1. The Balaban J connectivity index is 1.83. The Kier molecular flexibility index (Phi) is 5.23. The van der Waals surface area contributed by atoms with Crippen LogP contribution in [-0.2, 0) is 4.74 Å². The third kappa shape index (κ3) is 4.50. The summed E-state index contributed by atoms with van der Waals surface area (Å²) in [7, 11) is 0. The molecule has 3 aromatic rings. The van der Waals surface area contributed by atoms with Gasteiger partial charge in [-0.15, -0.1) is 0 Å². The number of aromatic nitrogens is 3. The highest BCUT2D eigenvalue weighted by Crippen LogP contribution is 2.31. The molecule has 2 N–H and O–H groups in total. The molecule has 2 heterocycles. The second-order valence-electron chi connectivity index (χ2n) is 7.36. The van der Waals surface area contributed by atoms with Crippen LogP contribution in [0.5, 0.6) is 5.75 Å². The summed E-state index contributed by atoms with van der Waals surface area (Å²) in [4.78, 5) is 16.0. The standard InChI is InChI=1S/C20H20F2N4O3/c1-11-14(13-6-7-15(27)18(22)17(13)21)10-26(25-11)16-8-5-12(9-23-16)24-19(28)29-20(2,3)4/h5-10,27H,1-4H3,(H,24,28). The summed E-state index contributed by atoms with van der Waals surface area (Å²) in [5.74, 6) is -2.82. The van der Waals surface area contributed by atoms with Gasteiger partial charge >= 0.3 is 6.09 Å². The lowest BCUT2D eigenvalue weighted by Crippen LogP contribution is -2.27. The molecular formula is C20H20F2N4O3. The van der Waals surface area contributed by atoms with Gasteiger partial charge < -0.3 is 9.84 Å². The van der Waals surface area contributed by atoms with Crippen LogP contribution in [0.2, 0.25) is 0 Å². The lowest BCUT2D eigenvalue weighted by molar-refractivity contribution is 0.0636. The summed E-state index contributed by atoms with van der Waals surface area (Å²) in [6.07, 6.45) is 2.33. The van der Waals surface area contributed by atoms with E-state index in [9.17, 15) is 18.7 Å². The van der Waals surface area contributed by atoms with Gasteiger partial charge in [0.25, 0.3) is 0 Å². The minimum atomic E-state index is -1.31. The predicted octanol–water partition coefficient (Wildman–Crippen LogP) is 4.57. The SMILES string of the molecule is Cc1nn(-c2ccc(NC(=O)OC(C)(C)C)cn2)cc1-c1ccc(O)c(F)c1F. The van der Waals surface area contributed by atoms with Crippen molar-refractivity contribution in [3.8, 4) is 22.7 Å². The number of anilines is 1. The van der Waals surface area contributed by atoms with Crippen LogP contribution in [0, 0.1) is 18.6 Å². The van der Waals surface area contributed by atoms with E-state index < -0.39 is 29.1 Å².